The number of hydrogen-bond donors (Lipinski definition) is 1. The Balaban J connectivity index is 1.91. The fraction of sp³-hybridized carbons (Fsp3) is 0.182. The van der Waals surface area contributed by atoms with Gasteiger partial charge in [-0.2, -0.15) is 0 Å². The van der Waals surface area contributed by atoms with Crippen molar-refractivity contribution in [2.45, 2.75) is 13.0 Å². The maximum Gasteiger partial charge on any atom is 0.257 e. The number of anilines is 1. The van der Waals surface area contributed by atoms with Crippen LogP contribution in [-0.2, 0) is 4.74 Å². The summed E-state index contributed by atoms with van der Waals surface area (Å²) in [6.07, 6.45) is 4.38. The minimum absolute atomic E-state index is 0.0999. The second-order valence-corrected chi connectivity index (χ2v) is 7.36. The molecule has 3 rings (SSSR count). The van der Waals surface area contributed by atoms with E-state index in [-0.39, 0.29) is 17.6 Å². The van der Waals surface area contributed by atoms with Crippen LogP contribution >= 0.6 is 11.3 Å². The van der Waals surface area contributed by atoms with Crippen LogP contribution in [0.4, 0.5) is 13.9 Å². The van der Waals surface area contributed by atoms with E-state index >= 15 is 0 Å². The molecule has 8 heteroatoms. The first-order valence-corrected chi connectivity index (χ1v) is 9.97. The zero-order chi connectivity index (χ0) is 21.5. The highest BCUT2D eigenvalue weighted by atomic mass is 32.1. The van der Waals surface area contributed by atoms with Crippen LogP contribution < -0.4 is 10.1 Å². The van der Waals surface area contributed by atoms with Crippen molar-refractivity contribution >= 4 is 34.5 Å². The molecule has 0 saturated heterocycles. The summed E-state index contributed by atoms with van der Waals surface area (Å²) >= 11 is 1.30. The topological polar surface area (TPSA) is 60.5 Å². The summed E-state index contributed by atoms with van der Waals surface area (Å²) in [5, 5.41) is 4.94. The SMILES string of the molecule is COC[C@H](C)Oc1cc(/C=C/c2cc(F)ccc2F)cc(C(=O)Nc2nccs2)c1. The van der Waals surface area contributed by atoms with Crippen LogP contribution in [0, 0.1) is 11.6 Å². The number of aromatic nitrogens is 1. The molecule has 0 spiro atoms. The number of nitrogens with one attached hydrogen (secondary N) is 1. The van der Waals surface area contributed by atoms with Crippen LogP contribution in [0.1, 0.15) is 28.4 Å². The van der Waals surface area contributed by atoms with Crippen LogP contribution in [0.15, 0.2) is 48.0 Å². The molecule has 0 radical (unpaired) electrons. The molecule has 0 aliphatic rings. The minimum Gasteiger partial charge on any atom is -0.488 e. The van der Waals surface area contributed by atoms with E-state index in [1.807, 2.05) is 6.92 Å². The lowest BCUT2D eigenvalue weighted by Gasteiger charge is -2.15. The average Bonchev–Trinajstić information content (AvgIpc) is 3.21. The van der Waals surface area contributed by atoms with Crippen LogP contribution in [-0.4, -0.2) is 30.7 Å². The molecule has 0 aliphatic carbocycles. The van der Waals surface area contributed by atoms with Gasteiger partial charge in [-0.25, -0.2) is 13.8 Å². The van der Waals surface area contributed by atoms with Crippen LogP contribution in [0.3, 0.4) is 0 Å². The number of carbonyl (C=O) groups excluding carboxylic acids is 1. The number of amides is 1. The lowest BCUT2D eigenvalue weighted by molar-refractivity contribution is 0.0917. The van der Waals surface area contributed by atoms with Gasteiger partial charge in [0.05, 0.1) is 6.61 Å². The van der Waals surface area contributed by atoms with Gasteiger partial charge in [0.2, 0.25) is 0 Å². The predicted octanol–water partition coefficient (Wildman–Crippen LogP) is 5.26. The molecule has 5 nitrogen and oxygen atoms in total. The van der Waals surface area contributed by atoms with Crippen molar-refractivity contribution in [3.05, 3.63) is 76.3 Å². The molecule has 0 bridgehead atoms. The maximum absolute atomic E-state index is 13.9. The van der Waals surface area contributed by atoms with Gasteiger partial charge in [-0.15, -0.1) is 11.3 Å². The highest BCUT2D eigenvalue weighted by Gasteiger charge is 2.12. The van der Waals surface area contributed by atoms with Crippen LogP contribution in [0.5, 0.6) is 5.75 Å². The van der Waals surface area contributed by atoms with Crippen molar-refractivity contribution < 1.29 is 23.0 Å². The second kappa shape index (κ2) is 10.1. The van der Waals surface area contributed by atoms with Gasteiger partial charge < -0.3 is 9.47 Å². The molecule has 30 heavy (non-hydrogen) atoms. The number of carbonyl (C=O) groups is 1. The molecule has 1 aromatic heterocycles. The molecular formula is C22H20F2N2O3S. The number of ether oxygens (including phenoxy) is 2. The van der Waals surface area contributed by atoms with E-state index in [0.29, 0.717) is 28.6 Å². The third kappa shape index (κ3) is 5.95. The Morgan fingerprint density at radius 3 is 2.80 bits per heavy atom. The molecule has 2 aromatic carbocycles. The Kier molecular flexibility index (Phi) is 7.26. The number of nitrogens with zero attached hydrogens (tertiary/aromatic N) is 1. The Morgan fingerprint density at radius 1 is 1.23 bits per heavy atom. The molecule has 0 saturated carbocycles. The molecule has 0 fully saturated rings. The summed E-state index contributed by atoms with van der Waals surface area (Å²) < 4.78 is 38.2. The molecule has 1 amide bonds. The first kappa shape index (κ1) is 21.6. The molecule has 0 aliphatic heterocycles. The van der Waals surface area contributed by atoms with E-state index in [1.165, 1.54) is 17.4 Å². The number of thiazole rings is 1. The highest BCUT2D eigenvalue weighted by Crippen LogP contribution is 2.23. The fourth-order valence-corrected chi connectivity index (χ4v) is 3.23. The Labute approximate surface area is 177 Å². The molecule has 3 aromatic rings. The van der Waals surface area contributed by atoms with Crippen molar-refractivity contribution in [1.29, 1.82) is 0 Å². The zero-order valence-electron chi connectivity index (χ0n) is 16.4. The summed E-state index contributed by atoms with van der Waals surface area (Å²) in [5.41, 5.74) is 1.03. The molecule has 1 atom stereocenters. The van der Waals surface area contributed by atoms with Crippen LogP contribution in [0.2, 0.25) is 0 Å². The number of rotatable bonds is 8. The number of halogens is 2. The van der Waals surface area contributed by atoms with Gasteiger partial charge >= 0.3 is 0 Å². The number of hydrogen-bond acceptors (Lipinski definition) is 5. The van der Waals surface area contributed by atoms with E-state index in [0.717, 1.165) is 18.2 Å². The van der Waals surface area contributed by atoms with Gasteiger partial charge in [0.25, 0.3) is 5.91 Å². The summed E-state index contributed by atoms with van der Waals surface area (Å²) in [6.45, 7) is 2.21. The van der Waals surface area contributed by atoms with Gasteiger partial charge in [0.15, 0.2) is 5.13 Å². The Hall–Kier alpha value is -3.10. The van der Waals surface area contributed by atoms with Gasteiger partial charge in [0, 0.05) is 29.8 Å². The van der Waals surface area contributed by atoms with E-state index in [2.05, 4.69) is 10.3 Å². The summed E-state index contributed by atoms with van der Waals surface area (Å²) in [4.78, 5) is 16.7. The van der Waals surface area contributed by atoms with Crippen LogP contribution in [0.25, 0.3) is 12.2 Å². The summed E-state index contributed by atoms with van der Waals surface area (Å²) in [5.74, 6) is -0.993. The summed E-state index contributed by atoms with van der Waals surface area (Å²) in [6, 6.07) is 8.16. The molecule has 0 unspecified atom stereocenters. The Bertz CT molecular complexity index is 1040. The smallest absolute Gasteiger partial charge is 0.257 e. The standard InChI is InChI=1S/C22H20F2N2O3S/c1-14(13-28-2)29-19-10-15(3-4-16-11-18(23)5-6-20(16)24)9-17(12-19)21(27)26-22-25-7-8-30-22/h3-12,14H,13H2,1-2H3,(H,25,26,27)/b4-3+/t14-/m0/s1. The third-order valence-corrected chi connectivity index (χ3v) is 4.68. The van der Waals surface area contributed by atoms with E-state index < -0.39 is 11.6 Å². The lowest BCUT2D eigenvalue weighted by atomic mass is 10.1. The first-order valence-electron chi connectivity index (χ1n) is 9.09. The summed E-state index contributed by atoms with van der Waals surface area (Å²) in [7, 11) is 1.57. The van der Waals surface area contributed by atoms with E-state index in [4.69, 9.17) is 9.47 Å². The number of benzene rings is 2. The monoisotopic (exact) mass is 430 g/mol. The number of methoxy groups -OCH3 is 1. The first-order chi connectivity index (χ1) is 14.4. The quantitative estimate of drug-likeness (QED) is 0.496. The third-order valence-electron chi connectivity index (χ3n) is 4.00. The predicted molar refractivity (Wildman–Crippen MR) is 114 cm³/mol. The molecule has 1 N–H and O–H groups in total. The highest BCUT2D eigenvalue weighted by molar-refractivity contribution is 7.13. The lowest BCUT2D eigenvalue weighted by Crippen LogP contribution is -2.18. The van der Waals surface area contributed by atoms with Gasteiger partial charge in [-0.3, -0.25) is 10.1 Å². The Morgan fingerprint density at radius 2 is 2.07 bits per heavy atom. The van der Waals surface area contributed by atoms with Gasteiger partial charge in [-0.05, 0) is 48.9 Å². The average molecular weight is 430 g/mol. The van der Waals surface area contributed by atoms with E-state index in [9.17, 15) is 13.6 Å². The van der Waals surface area contributed by atoms with Crippen molar-refractivity contribution in [2.24, 2.45) is 0 Å². The molecular weight excluding hydrogens is 410 g/mol. The molecule has 1 heterocycles. The van der Waals surface area contributed by atoms with Gasteiger partial charge in [-0.1, -0.05) is 12.2 Å². The van der Waals surface area contributed by atoms with Crippen molar-refractivity contribution in [2.75, 3.05) is 19.0 Å². The van der Waals surface area contributed by atoms with Crippen molar-refractivity contribution in [1.82, 2.24) is 4.98 Å². The fourth-order valence-electron chi connectivity index (χ4n) is 2.70. The zero-order valence-corrected chi connectivity index (χ0v) is 17.2. The van der Waals surface area contributed by atoms with Crippen molar-refractivity contribution in [3.63, 3.8) is 0 Å². The van der Waals surface area contributed by atoms with Crippen molar-refractivity contribution in [3.8, 4) is 5.75 Å². The second-order valence-electron chi connectivity index (χ2n) is 6.47. The van der Waals surface area contributed by atoms with E-state index in [1.54, 1.807) is 43.0 Å². The largest absolute Gasteiger partial charge is 0.488 e. The normalized spacial score (nSPS) is 12.1. The minimum atomic E-state index is -0.546. The maximum atomic E-state index is 13.9. The van der Waals surface area contributed by atoms with Gasteiger partial charge in [0.1, 0.15) is 23.5 Å². The molecule has 156 valence electrons.